The molecule has 0 atom stereocenters. The largest absolute Gasteiger partial charge is 0.508 e. The molecule has 0 spiro atoms. The molecular weight excluding hydrogens is 368 g/mol. The minimum absolute atomic E-state index is 0.0503. The Morgan fingerprint density at radius 1 is 0.700 bits per heavy atom. The molecule has 2 N–H and O–H groups in total. The maximum Gasteiger partial charge on any atom is 0.123 e. The van der Waals surface area contributed by atoms with Crippen LogP contribution in [-0.4, -0.2) is 10.2 Å². The molecular formula is C28H44O2. The summed E-state index contributed by atoms with van der Waals surface area (Å²) in [5, 5.41) is 20.0. The molecule has 2 heteroatoms. The first-order valence-corrected chi connectivity index (χ1v) is 11.2. The van der Waals surface area contributed by atoms with Crippen molar-refractivity contribution in [2.75, 3.05) is 0 Å². The van der Waals surface area contributed by atoms with Crippen LogP contribution in [0.25, 0.3) is 0 Å². The Morgan fingerprint density at radius 3 is 1.53 bits per heavy atom. The number of aryl methyl sites for hydroxylation is 1. The van der Waals surface area contributed by atoms with Crippen molar-refractivity contribution in [1.29, 1.82) is 0 Å². The smallest absolute Gasteiger partial charge is 0.123 e. The third-order valence-corrected chi connectivity index (χ3v) is 5.38. The Kier molecular flexibility index (Phi) is 8.60. The molecule has 0 unspecified atom stereocenters. The summed E-state index contributed by atoms with van der Waals surface area (Å²) >= 11 is 0. The molecule has 2 aromatic rings. The molecule has 0 fully saturated rings. The van der Waals surface area contributed by atoms with Gasteiger partial charge < -0.3 is 10.2 Å². The Balaban J connectivity index is 0.000000346. The zero-order valence-electron chi connectivity index (χ0n) is 21.0. The molecule has 0 heterocycles. The van der Waals surface area contributed by atoms with E-state index in [2.05, 4.69) is 81.4 Å². The fourth-order valence-electron chi connectivity index (χ4n) is 3.30. The number of para-hydroxylation sites is 1. The Labute approximate surface area is 185 Å². The van der Waals surface area contributed by atoms with Crippen LogP contribution < -0.4 is 0 Å². The van der Waals surface area contributed by atoms with Crippen LogP contribution in [0.3, 0.4) is 0 Å². The van der Waals surface area contributed by atoms with E-state index in [1.165, 1.54) is 12.0 Å². The summed E-state index contributed by atoms with van der Waals surface area (Å²) in [6, 6.07) is 11.9. The molecule has 0 aliphatic heterocycles. The molecule has 2 aromatic carbocycles. The van der Waals surface area contributed by atoms with E-state index in [9.17, 15) is 10.2 Å². The first-order chi connectivity index (χ1) is 13.6. The van der Waals surface area contributed by atoms with E-state index in [0.717, 1.165) is 29.5 Å². The van der Waals surface area contributed by atoms with Crippen LogP contribution in [0.1, 0.15) is 104 Å². The van der Waals surface area contributed by atoms with Crippen molar-refractivity contribution in [2.24, 2.45) is 0 Å². The number of unbranched alkanes of at least 4 members (excludes halogenated alkanes) is 1. The number of aromatic hydroxyl groups is 2. The average molecular weight is 413 g/mol. The number of hydrogen-bond donors (Lipinski definition) is 2. The van der Waals surface area contributed by atoms with Crippen LogP contribution in [-0.2, 0) is 22.7 Å². The van der Waals surface area contributed by atoms with Gasteiger partial charge in [0.2, 0.25) is 0 Å². The normalized spacial score (nSPS) is 12.3. The van der Waals surface area contributed by atoms with Crippen LogP contribution in [0.4, 0.5) is 0 Å². The van der Waals surface area contributed by atoms with Gasteiger partial charge in [-0.1, -0.05) is 106 Å². The summed E-state index contributed by atoms with van der Waals surface area (Å²) in [5.74, 6) is 0.897. The molecule has 0 radical (unpaired) electrons. The van der Waals surface area contributed by atoms with Gasteiger partial charge in [-0.2, -0.15) is 0 Å². The molecule has 168 valence electrons. The lowest BCUT2D eigenvalue weighted by Crippen LogP contribution is -2.21. The molecule has 0 amide bonds. The van der Waals surface area contributed by atoms with Crippen LogP contribution in [0.2, 0.25) is 0 Å². The molecule has 0 aromatic heterocycles. The lowest BCUT2D eigenvalue weighted by atomic mass is 9.75. The van der Waals surface area contributed by atoms with Crippen LogP contribution in [0.15, 0.2) is 36.4 Å². The second kappa shape index (κ2) is 9.90. The number of benzene rings is 2. The van der Waals surface area contributed by atoms with Crippen LogP contribution in [0.5, 0.6) is 11.5 Å². The minimum Gasteiger partial charge on any atom is -0.508 e. The van der Waals surface area contributed by atoms with Gasteiger partial charge in [-0.15, -0.1) is 0 Å². The molecule has 30 heavy (non-hydrogen) atoms. The highest BCUT2D eigenvalue weighted by Gasteiger charge is 2.28. The van der Waals surface area contributed by atoms with E-state index in [-0.39, 0.29) is 16.2 Å². The van der Waals surface area contributed by atoms with E-state index in [4.69, 9.17) is 0 Å². The van der Waals surface area contributed by atoms with Crippen molar-refractivity contribution in [2.45, 2.75) is 105 Å². The number of hydrogen-bond acceptors (Lipinski definition) is 2. The molecule has 2 nitrogen and oxygen atoms in total. The van der Waals surface area contributed by atoms with E-state index in [0.29, 0.717) is 11.5 Å². The van der Waals surface area contributed by atoms with Crippen molar-refractivity contribution in [3.63, 3.8) is 0 Å². The molecule has 0 saturated heterocycles. The Bertz CT molecular complexity index is 777. The molecule has 0 bridgehead atoms. The molecule has 0 saturated carbocycles. The van der Waals surface area contributed by atoms with Gasteiger partial charge in [-0.25, -0.2) is 0 Å². The van der Waals surface area contributed by atoms with E-state index < -0.39 is 0 Å². The maximum absolute atomic E-state index is 10.7. The number of phenolic OH excluding ortho intramolecular Hbond substituents is 2. The summed E-state index contributed by atoms with van der Waals surface area (Å²) in [7, 11) is 0. The van der Waals surface area contributed by atoms with Gasteiger partial charge >= 0.3 is 0 Å². The highest BCUT2D eigenvalue weighted by molar-refractivity contribution is 5.51. The first kappa shape index (κ1) is 26.1. The topological polar surface area (TPSA) is 40.5 Å². The number of phenols is 2. The summed E-state index contributed by atoms with van der Waals surface area (Å²) in [6.45, 7) is 21.7. The Morgan fingerprint density at radius 2 is 1.17 bits per heavy atom. The summed E-state index contributed by atoms with van der Waals surface area (Å²) in [5.41, 5.74) is 4.44. The third kappa shape index (κ3) is 7.38. The second-order valence-electron chi connectivity index (χ2n) is 11.4. The van der Waals surface area contributed by atoms with Crippen molar-refractivity contribution in [1.82, 2.24) is 0 Å². The van der Waals surface area contributed by atoms with Gasteiger partial charge in [0.1, 0.15) is 11.5 Å². The predicted molar refractivity (Wildman–Crippen MR) is 131 cm³/mol. The monoisotopic (exact) mass is 412 g/mol. The predicted octanol–water partition coefficient (Wildman–Crippen LogP) is 8.02. The summed E-state index contributed by atoms with van der Waals surface area (Å²) in [4.78, 5) is 0. The third-order valence-electron chi connectivity index (χ3n) is 5.38. The average Bonchev–Trinajstić information content (AvgIpc) is 2.58. The van der Waals surface area contributed by atoms with Crippen molar-refractivity contribution >= 4 is 0 Å². The maximum atomic E-state index is 10.7. The van der Waals surface area contributed by atoms with Gasteiger partial charge in [0.25, 0.3) is 0 Å². The lowest BCUT2D eigenvalue weighted by molar-refractivity contribution is 0.420. The first-order valence-electron chi connectivity index (χ1n) is 11.2. The van der Waals surface area contributed by atoms with Crippen molar-refractivity contribution in [3.8, 4) is 11.5 Å². The summed E-state index contributed by atoms with van der Waals surface area (Å²) in [6.07, 6.45) is 3.31. The SMILES string of the molecule is CC(C)(C)c1cc(C(C)(C)C)c(O)c(C(C)(C)C)c1.CCCCc1ccccc1O. The second-order valence-corrected chi connectivity index (χ2v) is 11.4. The fourth-order valence-corrected chi connectivity index (χ4v) is 3.30. The van der Waals surface area contributed by atoms with Gasteiger partial charge in [0.15, 0.2) is 0 Å². The standard InChI is InChI=1S/C18H30O.C10H14O/c1-16(2,3)12-10-13(17(4,5)6)15(19)14(11-12)18(7,8)9;1-2-3-6-9-7-4-5-8-10(9)11/h10-11,19H,1-9H3;4-5,7-8,11H,2-3,6H2,1H3. The van der Waals surface area contributed by atoms with Crippen LogP contribution in [0, 0.1) is 0 Å². The lowest BCUT2D eigenvalue weighted by Gasteiger charge is -2.31. The molecule has 0 aliphatic carbocycles. The highest BCUT2D eigenvalue weighted by Crippen LogP contribution is 2.41. The highest BCUT2D eigenvalue weighted by atomic mass is 16.3. The number of rotatable bonds is 3. The zero-order chi connectivity index (χ0) is 23.3. The van der Waals surface area contributed by atoms with Crippen molar-refractivity contribution < 1.29 is 10.2 Å². The molecule has 0 aliphatic rings. The Hall–Kier alpha value is -1.96. The van der Waals surface area contributed by atoms with Gasteiger partial charge in [-0.05, 0) is 57.4 Å². The van der Waals surface area contributed by atoms with Gasteiger partial charge in [-0.3, -0.25) is 0 Å². The molecule has 2 rings (SSSR count). The van der Waals surface area contributed by atoms with E-state index in [1.807, 2.05) is 18.2 Å². The zero-order valence-corrected chi connectivity index (χ0v) is 21.0. The minimum atomic E-state index is -0.0503. The van der Waals surface area contributed by atoms with Gasteiger partial charge in [0, 0.05) is 0 Å². The van der Waals surface area contributed by atoms with Crippen molar-refractivity contribution in [3.05, 3.63) is 58.7 Å². The summed E-state index contributed by atoms with van der Waals surface area (Å²) < 4.78 is 0. The van der Waals surface area contributed by atoms with E-state index in [1.54, 1.807) is 6.07 Å². The van der Waals surface area contributed by atoms with Gasteiger partial charge in [0.05, 0.1) is 0 Å². The quantitative estimate of drug-likeness (QED) is 0.536. The fraction of sp³-hybridized carbons (Fsp3) is 0.571. The van der Waals surface area contributed by atoms with E-state index >= 15 is 0 Å². The van der Waals surface area contributed by atoms with Crippen LogP contribution >= 0.6 is 0 Å².